The highest BCUT2D eigenvalue weighted by Gasteiger charge is 2.15. The molecule has 0 fully saturated rings. The number of para-hydroxylation sites is 1. The van der Waals surface area contributed by atoms with Crippen molar-refractivity contribution < 1.29 is 0 Å². The van der Waals surface area contributed by atoms with Gasteiger partial charge < -0.3 is 9.47 Å². The average Bonchev–Trinajstić information content (AvgIpc) is 3.01. The van der Waals surface area contributed by atoms with Gasteiger partial charge in [0.1, 0.15) is 0 Å². The molecule has 2 nitrogen and oxygen atoms in total. The van der Waals surface area contributed by atoms with Crippen LogP contribution in [0.1, 0.15) is 11.1 Å². The van der Waals surface area contributed by atoms with Gasteiger partial charge in [-0.15, -0.1) is 0 Å². The van der Waals surface area contributed by atoms with Gasteiger partial charge in [0.25, 0.3) is 0 Å². The fourth-order valence-corrected chi connectivity index (χ4v) is 4.28. The van der Waals surface area contributed by atoms with E-state index in [1.165, 1.54) is 50.0 Å². The van der Waals surface area contributed by atoms with E-state index in [1.54, 1.807) is 0 Å². The van der Waals surface area contributed by atoms with Crippen LogP contribution in [-0.4, -0.2) is 4.57 Å². The summed E-state index contributed by atoms with van der Waals surface area (Å²) in [5.41, 5.74) is 8.55. The van der Waals surface area contributed by atoms with Crippen LogP contribution in [0.2, 0.25) is 0 Å². The van der Waals surface area contributed by atoms with Crippen LogP contribution < -0.4 is 4.90 Å². The van der Waals surface area contributed by atoms with Crippen molar-refractivity contribution in [2.24, 2.45) is 7.05 Å². The Bertz CT molecular complexity index is 1300. The molecule has 1 aromatic heterocycles. The number of fused-ring (bicyclic) bond motifs is 3. The highest BCUT2D eigenvalue weighted by atomic mass is 15.1. The van der Waals surface area contributed by atoms with Crippen LogP contribution in [0.25, 0.3) is 21.8 Å². The minimum Gasteiger partial charge on any atom is -0.344 e. The first-order valence-corrected chi connectivity index (χ1v) is 10.0. The highest BCUT2D eigenvalue weighted by molar-refractivity contribution is 6.09. The fourth-order valence-electron chi connectivity index (χ4n) is 4.28. The average molecular weight is 377 g/mol. The molecule has 0 unspecified atom stereocenters. The Labute approximate surface area is 171 Å². The van der Waals surface area contributed by atoms with E-state index < -0.39 is 0 Å². The van der Waals surface area contributed by atoms with Crippen molar-refractivity contribution in [2.45, 2.75) is 13.8 Å². The predicted octanol–water partition coefficient (Wildman–Crippen LogP) is 7.42. The Balaban J connectivity index is 1.78. The number of rotatable bonds is 3. The van der Waals surface area contributed by atoms with Crippen molar-refractivity contribution in [3.63, 3.8) is 0 Å². The third kappa shape index (κ3) is 2.98. The third-order valence-corrected chi connectivity index (χ3v) is 5.67. The molecule has 4 aromatic carbocycles. The molecule has 1 heterocycles. The SMILES string of the molecule is Cc1cccc(N(c2cccc(C)c2)c2ccc3c(c2)c2ccccc2n3C)c1. The summed E-state index contributed by atoms with van der Waals surface area (Å²) in [6.45, 7) is 4.29. The summed E-state index contributed by atoms with van der Waals surface area (Å²) in [5, 5.41) is 2.58. The lowest BCUT2D eigenvalue weighted by Crippen LogP contribution is -2.10. The van der Waals surface area contributed by atoms with Gasteiger partial charge in [0.15, 0.2) is 0 Å². The Morgan fingerprint density at radius 1 is 0.552 bits per heavy atom. The van der Waals surface area contributed by atoms with Crippen molar-refractivity contribution in [1.29, 1.82) is 0 Å². The van der Waals surface area contributed by atoms with Crippen LogP contribution in [0.3, 0.4) is 0 Å². The normalized spacial score (nSPS) is 11.3. The first kappa shape index (κ1) is 17.6. The van der Waals surface area contributed by atoms with E-state index in [9.17, 15) is 0 Å². The molecule has 0 spiro atoms. The van der Waals surface area contributed by atoms with Gasteiger partial charge in [0.05, 0.1) is 0 Å². The monoisotopic (exact) mass is 376 g/mol. The molecule has 0 aliphatic heterocycles. The molecule has 0 atom stereocenters. The molecule has 0 saturated carbocycles. The number of hydrogen-bond donors (Lipinski definition) is 0. The summed E-state index contributed by atoms with van der Waals surface area (Å²) in [4.78, 5) is 2.35. The van der Waals surface area contributed by atoms with Gasteiger partial charge >= 0.3 is 0 Å². The molecule has 0 aliphatic carbocycles. The lowest BCUT2D eigenvalue weighted by molar-refractivity contribution is 1.01. The van der Waals surface area contributed by atoms with Crippen molar-refractivity contribution >= 4 is 38.9 Å². The number of aryl methyl sites for hydroxylation is 3. The maximum Gasteiger partial charge on any atom is 0.0490 e. The molecular weight excluding hydrogens is 352 g/mol. The smallest absolute Gasteiger partial charge is 0.0490 e. The number of hydrogen-bond acceptors (Lipinski definition) is 1. The van der Waals surface area contributed by atoms with E-state index in [0.717, 1.165) is 0 Å². The molecule has 0 radical (unpaired) electrons. The molecule has 2 heteroatoms. The standard InChI is InChI=1S/C27H24N2/c1-19-8-6-10-21(16-19)29(22-11-7-9-20(2)17-22)23-14-15-27-25(18-23)24-12-4-5-13-26(24)28(27)3/h4-18H,1-3H3. The molecular formula is C27H24N2. The molecule has 0 amide bonds. The predicted molar refractivity (Wildman–Crippen MR) is 125 cm³/mol. The zero-order valence-corrected chi connectivity index (χ0v) is 17.1. The fraction of sp³-hybridized carbons (Fsp3) is 0.111. The second-order valence-electron chi connectivity index (χ2n) is 7.79. The maximum absolute atomic E-state index is 2.35. The summed E-state index contributed by atoms with van der Waals surface area (Å²) < 4.78 is 2.28. The first-order valence-electron chi connectivity index (χ1n) is 10.0. The van der Waals surface area contributed by atoms with Crippen LogP contribution in [0.4, 0.5) is 17.1 Å². The van der Waals surface area contributed by atoms with Gasteiger partial charge in [-0.1, -0.05) is 42.5 Å². The summed E-state index contributed by atoms with van der Waals surface area (Å²) in [7, 11) is 2.14. The minimum absolute atomic E-state index is 1.17. The Morgan fingerprint density at radius 2 is 1.14 bits per heavy atom. The number of benzene rings is 4. The summed E-state index contributed by atoms with van der Waals surface area (Å²) in [6, 6.07) is 32.8. The third-order valence-electron chi connectivity index (χ3n) is 5.67. The Hall–Kier alpha value is -3.52. The topological polar surface area (TPSA) is 8.17 Å². The Morgan fingerprint density at radius 3 is 1.79 bits per heavy atom. The van der Waals surface area contributed by atoms with Crippen LogP contribution in [0.15, 0.2) is 91.0 Å². The van der Waals surface area contributed by atoms with Crippen LogP contribution in [-0.2, 0) is 7.05 Å². The van der Waals surface area contributed by atoms with E-state index >= 15 is 0 Å². The van der Waals surface area contributed by atoms with Gasteiger partial charge in [-0.25, -0.2) is 0 Å². The van der Waals surface area contributed by atoms with E-state index in [0.29, 0.717) is 0 Å². The molecule has 0 saturated heterocycles. The molecule has 0 bridgehead atoms. The first-order chi connectivity index (χ1) is 14.1. The van der Waals surface area contributed by atoms with Crippen molar-refractivity contribution in [1.82, 2.24) is 4.57 Å². The van der Waals surface area contributed by atoms with Gasteiger partial charge in [-0.05, 0) is 73.5 Å². The summed E-state index contributed by atoms with van der Waals surface area (Å²) in [5.74, 6) is 0. The van der Waals surface area contributed by atoms with Crippen LogP contribution in [0.5, 0.6) is 0 Å². The van der Waals surface area contributed by atoms with E-state index in [1.807, 2.05) is 0 Å². The van der Waals surface area contributed by atoms with E-state index in [4.69, 9.17) is 0 Å². The molecule has 0 aliphatic rings. The molecule has 142 valence electrons. The van der Waals surface area contributed by atoms with E-state index in [-0.39, 0.29) is 0 Å². The lowest BCUT2D eigenvalue weighted by atomic mass is 10.1. The largest absolute Gasteiger partial charge is 0.344 e. The van der Waals surface area contributed by atoms with Crippen LogP contribution in [0, 0.1) is 13.8 Å². The van der Waals surface area contributed by atoms with E-state index in [2.05, 4.69) is 121 Å². The zero-order chi connectivity index (χ0) is 20.0. The van der Waals surface area contributed by atoms with Crippen LogP contribution >= 0.6 is 0 Å². The van der Waals surface area contributed by atoms with Gasteiger partial charge in [0.2, 0.25) is 0 Å². The van der Waals surface area contributed by atoms with Crippen molar-refractivity contribution in [2.75, 3.05) is 4.90 Å². The van der Waals surface area contributed by atoms with Gasteiger partial charge in [-0.2, -0.15) is 0 Å². The number of aromatic nitrogens is 1. The molecule has 29 heavy (non-hydrogen) atoms. The molecule has 0 N–H and O–H groups in total. The number of anilines is 3. The quantitative estimate of drug-likeness (QED) is 0.318. The van der Waals surface area contributed by atoms with Gasteiger partial charge in [0, 0.05) is 45.9 Å². The van der Waals surface area contributed by atoms with Crippen molar-refractivity contribution in [3.8, 4) is 0 Å². The molecule has 5 rings (SSSR count). The zero-order valence-electron chi connectivity index (χ0n) is 17.1. The minimum atomic E-state index is 1.17. The summed E-state index contributed by atoms with van der Waals surface area (Å²) in [6.07, 6.45) is 0. The second kappa shape index (κ2) is 6.82. The second-order valence-corrected chi connectivity index (χ2v) is 7.79. The summed E-state index contributed by atoms with van der Waals surface area (Å²) >= 11 is 0. The van der Waals surface area contributed by atoms with Gasteiger partial charge in [-0.3, -0.25) is 0 Å². The van der Waals surface area contributed by atoms with Crippen molar-refractivity contribution in [3.05, 3.63) is 102 Å². The molecule has 5 aromatic rings. The maximum atomic E-state index is 2.35. The Kier molecular flexibility index (Phi) is 4.13. The highest BCUT2D eigenvalue weighted by Crippen LogP contribution is 2.38. The lowest BCUT2D eigenvalue weighted by Gasteiger charge is -2.26. The number of nitrogens with zero attached hydrogens (tertiary/aromatic N) is 2.